The highest BCUT2D eigenvalue weighted by molar-refractivity contribution is 5.84. The van der Waals surface area contributed by atoms with Gasteiger partial charge in [0.05, 0.1) is 24.1 Å². The molecule has 0 saturated carbocycles. The summed E-state index contributed by atoms with van der Waals surface area (Å²) in [6.45, 7) is 2.10. The van der Waals surface area contributed by atoms with Crippen LogP contribution in [0, 0.1) is 6.92 Å². The molecule has 25 heavy (non-hydrogen) atoms. The molecule has 0 spiro atoms. The van der Waals surface area contributed by atoms with Crippen LogP contribution in [-0.4, -0.2) is 7.11 Å². The number of benzene rings is 3. The van der Waals surface area contributed by atoms with Crippen LogP contribution in [0.5, 0.6) is 5.75 Å². The Morgan fingerprint density at radius 2 is 1.40 bits per heavy atom. The summed E-state index contributed by atoms with van der Waals surface area (Å²) in [5.41, 5.74) is 5.49. The molecule has 0 unspecified atom stereocenters. The van der Waals surface area contributed by atoms with Gasteiger partial charge in [-0.1, -0.05) is 42.5 Å². The molecule has 1 heterocycles. The van der Waals surface area contributed by atoms with Crippen molar-refractivity contribution in [3.8, 4) is 28.2 Å². The highest BCUT2D eigenvalue weighted by Gasteiger charge is 2.18. The van der Waals surface area contributed by atoms with E-state index in [0.29, 0.717) is 0 Å². The lowest BCUT2D eigenvalue weighted by Gasteiger charge is -2.02. The SMILES string of the molecule is COc1ccc2c(C)cc(-c3ccc(-c4ccccc4)cc3)[o+]c2c1. The third-order valence-corrected chi connectivity index (χ3v) is 4.46. The molecule has 4 rings (SSSR count). The summed E-state index contributed by atoms with van der Waals surface area (Å²) in [4.78, 5) is 0. The zero-order chi connectivity index (χ0) is 17.2. The standard InChI is InChI=1S/C23H19O2/c1-16-14-22(25-23-15-20(24-2)12-13-21(16)23)19-10-8-18(9-11-19)17-6-4-3-5-7-17/h3-15H,1-2H3/q+1. The lowest BCUT2D eigenvalue weighted by molar-refractivity contribution is 0.414. The van der Waals surface area contributed by atoms with Crippen molar-refractivity contribution in [1.29, 1.82) is 0 Å². The van der Waals surface area contributed by atoms with E-state index in [1.807, 2.05) is 24.3 Å². The Kier molecular flexibility index (Phi) is 3.95. The van der Waals surface area contributed by atoms with Crippen molar-refractivity contribution in [2.45, 2.75) is 6.92 Å². The van der Waals surface area contributed by atoms with E-state index in [4.69, 9.17) is 9.15 Å². The van der Waals surface area contributed by atoms with Crippen molar-refractivity contribution >= 4 is 11.0 Å². The van der Waals surface area contributed by atoms with Gasteiger partial charge in [-0.05, 0) is 47.9 Å². The zero-order valence-electron chi connectivity index (χ0n) is 14.3. The molecule has 0 aliphatic heterocycles. The van der Waals surface area contributed by atoms with Gasteiger partial charge in [-0.25, -0.2) is 4.42 Å². The molecule has 2 nitrogen and oxygen atoms in total. The molecule has 0 radical (unpaired) electrons. The second-order valence-corrected chi connectivity index (χ2v) is 6.10. The van der Waals surface area contributed by atoms with Crippen LogP contribution in [0.1, 0.15) is 5.56 Å². The maximum Gasteiger partial charge on any atom is 0.364 e. The largest absolute Gasteiger partial charge is 0.496 e. The zero-order valence-corrected chi connectivity index (χ0v) is 14.3. The van der Waals surface area contributed by atoms with E-state index in [9.17, 15) is 0 Å². The minimum absolute atomic E-state index is 0.798. The summed E-state index contributed by atoms with van der Waals surface area (Å²) < 4.78 is 11.4. The van der Waals surface area contributed by atoms with Gasteiger partial charge in [-0.15, -0.1) is 0 Å². The molecule has 0 amide bonds. The van der Waals surface area contributed by atoms with E-state index in [2.05, 4.69) is 61.5 Å². The monoisotopic (exact) mass is 327 g/mol. The fraction of sp³-hybridized carbons (Fsp3) is 0.0870. The van der Waals surface area contributed by atoms with Crippen molar-refractivity contribution in [2.75, 3.05) is 7.11 Å². The van der Waals surface area contributed by atoms with Gasteiger partial charge in [-0.2, -0.15) is 0 Å². The van der Waals surface area contributed by atoms with Gasteiger partial charge >= 0.3 is 11.3 Å². The summed E-state index contributed by atoms with van der Waals surface area (Å²) in [6, 6.07) is 26.9. The average molecular weight is 327 g/mol. The highest BCUT2D eigenvalue weighted by atomic mass is 16.5. The van der Waals surface area contributed by atoms with Gasteiger partial charge in [0.25, 0.3) is 0 Å². The number of hydrogen-bond donors (Lipinski definition) is 0. The molecule has 122 valence electrons. The van der Waals surface area contributed by atoms with Crippen molar-refractivity contribution in [3.05, 3.63) is 84.4 Å². The summed E-state index contributed by atoms with van der Waals surface area (Å²) in [7, 11) is 1.67. The topological polar surface area (TPSA) is 20.5 Å². The van der Waals surface area contributed by atoms with E-state index in [-0.39, 0.29) is 0 Å². The maximum absolute atomic E-state index is 6.14. The molecule has 2 heteroatoms. The fourth-order valence-corrected chi connectivity index (χ4v) is 3.06. The van der Waals surface area contributed by atoms with Crippen LogP contribution < -0.4 is 4.74 Å². The minimum Gasteiger partial charge on any atom is -0.496 e. The van der Waals surface area contributed by atoms with Crippen molar-refractivity contribution in [3.63, 3.8) is 0 Å². The number of ether oxygens (including phenoxy) is 1. The van der Waals surface area contributed by atoms with Gasteiger partial charge in [0.2, 0.25) is 0 Å². The summed E-state index contributed by atoms with van der Waals surface area (Å²) >= 11 is 0. The number of fused-ring (bicyclic) bond motifs is 1. The van der Waals surface area contributed by atoms with Gasteiger partial charge in [0.15, 0.2) is 0 Å². The van der Waals surface area contributed by atoms with E-state index in [1.54, 1.807) is 7.11 Å². The van der Waals surface area contributed by atoms with Gasteiger partial charge in [0.1, 0.15) is 5.75 Å². The molecule has 0 fully saturated rings. The molecule has 1 aromatic heterocycles. The van der Waals surface area contributed by atoms with Crippen molar-refractivity contribution < 1.29 is 9.15 Å². The van der Waals surface area contributed by atoms with Crippen molar-refractivity contribution in [2.24, 2.45) is 0 Å². The summed E-state index contributed by atoms with van der Waals surface area (Å²) in [5.74, 6) is 1.66. The van der Waals surface area contributed by atoms with E-state index >= 15 is 0 Å². The number of rotatable bonds is 3. The Morgan fingerprint density at radius 3 is 2.12 bits per heavy atom. The molecular weight excluding hydrogens is 308 g/mol. The van der Waals surface area contributed by atoms with Crippen LogP contribution >= 0.6 is 0 Å². The Balaban J connectivity index is 1.76. The Labute approximate surface area is 147 Å². The molecular formula is C23H19O2+. The van der Waals surface area contributed by atoms with Crippen LogP contribution in [0.3, 0.4) is 0 Å². The lowest BCUT2D eigenvalue weighted by atomic mass is 10.0. The third-order valence-electron chi connectivity index (χ3n) is 4.46. The predicted octanol–water partition coefficient (Wildman–Crippen LogP) is 6.36. The van der Waals surface area contributed by atoms with Gasteiger partial charge in [0, 0.05) is 6.07 Å². The van der Waals surface area contributed by atoms with E-state index in [0.717, 1.165) is 28.0 Å². The number of aryl methyl sites for hydroxylation is 1. The molecule has 4 aromatic rings. The van der Waals surface area contributed by atoms with Crippen LogP contribution in [0.4, 0.5) is 0 Å². The Bertz CT molecular complexity index is 1020. The molecule has 0 N–H and O–H groups in total. The number of methoxy groups -OCH3 is 1. The molecule has 0 aliphatic carbocycles. The first-order valence-corrected chi connectivity index (χ1v) is 8.32. The molecule has 0 aliphatic rings. The fourth-order valence-electron chi connectivity index (χ4n) is 3.06. The molecule has 0 bridgehead atoms. The first-order chi connectivity index (χ1) is 12.2. The van der Waals surface area contributed by atoms with Gasteiger partial charge in [-0.3, -0.25) is 0 Å². The predicted molar refractivity (Wildman–Crippen MR) is 103 cm³/mol. The van der Waals surface area contributed by atoms with Crippen LogP contribution in [0.2, 0.25) is 0 Å². The molecule has 0 saturated heterocycles. The van der Waals surface area contributed by atoms with E-state index < -0.39 is 0 Å². The second-order valence-electron chi connectivity index (χ2n) is 6.10. The average Bonchev–Trinajstić information content (AvgIpc) is 2.68. The third kappa shape index (κ3) is 2.99. The minimum atomic E-state index is 0.798. The highest BCUT2D eigenvalue weighted by Crippen LogP contribution is 2.31. The first-order valence-electron chi connectivity index (χ1n) is 8.32. The second kappa shape index (κ2) is 6.40. The quantitative estimate of drug-likeness (QED) is 0.408. The Hall–Kier alpha value is -3.13. The lowest BCUT2D eigenvalue weighted by Crippen LogP contribution is -1.87. The summed E-state index contributed by atoms with van der Waals surface area (Å²) in [5, 5.41) is 1.10. The normalized spacial score (nSPS) is 10.8. The first kappa shape index (κ1) is 15.4. The Morgan fingerprint density at radius 1 is 0.720 bits per heavy atom. The number of hydrogen-bond acceptors (Lipinski definition) is 1. The van der Waals surface area contributed by atoms with Crippen LogP contribution in [0.25, 0.3) is 33.4 Å². The summed E-state index contributed by atoms with van der Waals surface area (Å²) in [6.07, 6.45) is 0. The van der Waals surface area contributed by atoms with Crippen molar-refractivity contribution in [1.82, 2.24) is 0 Å². The van der Waals surface area contributed by atoms with Crippen LogP contribution in [0.15, 0.2) is 83.3 Å². The van der Waals surface area contributed by atoms with E-state index in [1.165, 1.54) is 16.7 Å². The maximum atomic E-state index is 6.14. The van der Waals surface area contributed by atoms with Crippen LogP contribution in [-0.2, 0) is 0 Å². The van der Waals surface area contributed by atoms with Gasteiger partial charge < -0.3 is 4.74 Å². The molecule has 3 aromatic carbocycles. The smallest absolute Gasteiger partial charge is 0.364 e. The molecule has 0 atom stereocenters.